The van der Waals surface area contributed by atoms with E-state index < -0.39 is 0 Å². The molecule has 0 aliphatic carbocycles. The Kier molecular flexibility index (Phi) is 6.81. The normalized spacial score (nSPS) is 11.8. The highest BCUT2D eigenvalue weighted by Crippen LogP contribution is 1.97. The van der Waals surface area contributed by atoms with Gasteiger partial charge in [0.25, 0.3) is 0 Å². The Hall–Kier alpha value is -1.61. The second-order valence-electron chi connectivity index (χ2n) is 4.41. The molecule has 18 heavy (non-hydrogen) atoms. The van der Waals surface area contributed by atoms with Crippen LogP contribution in [0.1, 0.15) is 25.3 Å². The van der Waals surface area contributed by atoms with Crippen LogP contribution < -0.4 is 10.6 Å². The molecule has 1 rings (SSSR count). The van der Waals surface area contributed by atoms with Gasteiger partial charge < -0.3 is 10.6 Å². The van der Waals surface area contributed by atoms with E-state index in [0.717, 1.165) is 18.4 Å². The van der Waals surface area contributed by atoms with Crippen LogP contribution >= 0.6 is 0 Å². The number of amides is 1. The van der Waals surface area contributed by atoms with Crippen LogP contribution in [0.3, 0.4) is 0 Å². The van der Waals surface area contributed by atoms with Crippen LogP contribution in [0.5, 0.6) is 0 Å². The van der Waals surface area contributed by atoms with E-state index >= 15 is 0 Å². The SMILES string of the molecule is C=CCCC(C)NCC(=O)NCc1ccccc1. The van der Waals surface area contributed by atoms with Crippen LogP contribution in [0.25, 0.3) is 0 Å². The fourth-order valence-electron chi connectivity index (χ4n) is 1.60. The van der Waals surface area contributed by atoms with Gasteiger partial charge in [-0.2, -0.15) is 0 Å². The van der Waals surface area contributed by atoms with Crippen LogP contribution in [0, 0.1) is 0 Å². The molecule has 2 N–H and O–H groups in total. The molecule has 1 atom stereocenters. The Morgan fingerprint density at radius 1 is 1.39 bits per heavy atom. The van der Waals surface area contributed by atoms with E-state index in [-0.39, 0.29) is 5.91 Å². The average Bonchev–Trinajstić information content (AvgIpc) is 2.41. The summed E-state index contributed by atoms with van der Waals surface area (Å²) in [5, 5.41) is 6.08. The van der Waals surface area contributed by atoms with Gasteiger partial charge in [-0.25, -0.2) is 0 Å². The zero-order valence-corrected chi connectivity index (χ0v) is 11.0. The van der Waals surface area contributed by atoms with Gasteiger partial charge in [0.05, 0.1) is 6.54 Å². The van der Waals surface area contributed by atoms with E-state index in [2.05, 4.69) is 24.1 Å². The summed E-state index contributed by atoms with van der Waals surface area (Å²) in [5.41, 5.74) is 1.12. The molecular weight excluding hydrogens is 224 g/mol. The molecule has 0 saturated carbocycles. The standard InChI is InChI=1S/C15H22N2O/c1-3-4-8-13(2)16-12-15(18)17-11-14-9-6-5-7-10-14/h3,5-7,9-10,13,16H,1,4,8,11-12H2,2H3,(H,17,18). The summed E-state index contributed by atoms with van der Waals surface area (Å²) in [6, 6.07) is 10.2. The topological polar surface area (TPSA) is 41.1 Å². The molecule has 1 amide bonds. The number of carbonyl (C=O) groups is 1. The van der Waals surface area contributed by atoms with Crippen molar-refractivity contribution < 1.29 is 4.79 Å². The number of hydrogen-bond acceptors (Lipinski definition) is 2. The maximum Gasteiger partial charge on any atom is 0.234 e. The first-order valence-electron chi connectivity index (χ1n) is 6.37. The molecule has 1 unspecified atom stereocenters. The monoisotopic (exact) mass is 246 g/mol. The van der Waals surface area contributed by atoms with Crippen molar-refractivity contribution in [2.45, 2.75) is 32.4 Å². The lowest BCUT2D eigenvalue weighted by Crippen LogP contribution is -2.37. The number of nitrogens with one attached hydrogen (secondary N) is 2. The van der Waals surface area contributed by atoms with E-state index in [1.165, 1.54) is 0 Å². The second-order valence-corrected chi connectivity index (χ2v) is 4.41. The molecule has 3 heteroatoms. The highest BCUT2D eigenvalue weighted by Gasteiger charge is 2.04. The minimum absolute atomic E-state index is 0.0318. The van der Waals surface area contributed by atoms with Gasteiger partial charge >= 0.3 is 0 Å². The summed E-state index contributed by atoms with van der Waals surface area (Å²) in [5.74, 6) is 0.0318. The third-order valence-electron chi connectivity index (χ3n) is 2.75. The summed E-state index contributed by atoms with van der Waals surface area (Å²) in [6.07, 6.45) is 3.88. The van der Waals surface area contributed by atoms with Gasteiger partial charge in [0.1, 0.15) is 0 Å². The van der Waals surface area contributed by atoms with Gasteiger partial charge in [-0.05, 0) is 25.3 Å². The Bertz CT molecular complexity index is 362. The van der Waals surface area contributed by atoms with Crippen LogP contribution in [-0.2, 0) is 11.3 Å². The molecule has 0 aliphatic heterocycles. The number of hydrogen-bond donors (Lipinski definition) is 2. The van der Waals surface area contributed by atoms with Crippen LogP contribution in [0.15, 0.2) is 43.0 Å². The molecule has 3 nitrogen and oxygen atoms in total. The predicted molar refractivity (Wildman–Crippen MR) is 75.2 cm³/mol. The van der Waals surface area contributed by atoms with E-state index in [4.69, 9.17) is 0 Å². The average molecular weight is 246 g/mol. The zero-order chi connectivity index (χ0) is 13.2. The largest absolute Gasteiger partial charge is 0.351 e. The third kappa shape index (κ3) is 6.21. The van der Waals surface area contributed by atoms with Gasteiger partial charge in [-0.1, -0.05) is 36.4 Å². The van der Waals surface area contributed by atoms with Crippen LogP contribution in [0.2, 0.25) is 0 Å². The quantitative estimate of drug-likeness (QED) is 0.691. The molecule has 0 fully saturated rings. The molecule has 0 radical (unpaired) electrons. The highest BCUT2D eigenvalue weighted by atomic mass is 16.1. The van der Waals surface area contributed by atoms with E-state index in [9.17, 15) is 4.79 Å². The Labute approximate surface area is 109 Å². The Balaban J connectivity index is 2.16. The summed E-state index contributed by atoms with van der Waals surface area (Å²) >= 11 is 0. The fourth-order valence-corrected chi connectivity index (χ4v) is 1.60. The first-order chi connectivity index (χ1) is 8.72. The van der Waals surface area contributed by atoms with Gasteiger partial charge in [0.2, 0.25) is 5.91 Å². The second kappa shape index (κ2) is 8.48. The number of allylic oxidation sites excluding steroid dienone is 1. The van der Waals surface area contributed by atoms with E-state index in [1.807, 2.05) is 36.4 Å². The van der Waals surface area contributed by atoms with Crippen molar-refractivity contribution in [3.63, 3.8) is 0 Å². The van der Waals surface area contributed by atoms with Gasteiger partial charge in [0, 0.05) is 12.6 Å². The molecule has 0 aromatic heterocycles. The van der Waals surface area contributed by atoms with Crippen molar-refractivity contribution in [3.05, 3.63) is 48.6 Å². The van der Waals surface area contributed by atoms with Crippen LogP contribution in [0.4, 0.5) is 0 Å². The lowest BCUT2D eigenvalue weighted by Gasteiger charge is -2.12. The molecule has 1 aromatic carbocycles. The smallest absolute Gasteiger partial charge is 0.234 e. The summed E-state index contributed by atoms with van der Waals surface area (Å²) in [7, 11) is 0. The molecule has 0 spiro atoms. The van der Waals surface area contributed by atoms with Crippen molar-refractivity contribution in [2.24, 2.45) is 0 Å². The van der Waals surface area contributed by atoms with Crippen LogP contribution in [-0.4, -0.2) is 18.5 Å². The molecular formula is C15H22N2O. The minimum atomic E-state index is 0.0318. The lowest BCUT2D eigenvalue weighted by atomic mass is 10.2. The van der Waals surface area contributed by atoms with Gasteiger partial charge in [-0.15, -0.1) is 6.58 Å². The van der Waals surface area contributed by atoms with Crippen molar-refractivity contribution >= 4 is 5.91 Å². The minimum Gasteiger partial charge on any atom is -0.351 e. The summed E-state index contributed by atoms with van der Waals surface area (Å²) in [6.45, 7) is 6.71. The zero-order valence-electron chi connectivity index (χ0n) is 11.0. The maximum atomic E-state index is 11.6. The van der Waals surface area contributed by atoms with Crippen molar-refractivity contribution in [2.75, 3.05) is 6.54 Å². The van der Waals surface area contributed by atoms with E-state index in [1.54, 1.807) is 0 Å². The van der Waals surface area contributed by atoms with E-state index in [0.29, 0.717) is 19.1 Å². The molecule has 0 bridgehead atoms. The number of rotatable bonds is 8. The highest BCUT2D eigenvalue weighted by molar-refractivity contribution is 5.77. The summed E-state index contributed by atoms with van der Waals surface area (Å²) < 4.78 is 0. The van der Waals surface area contributed by atoms with Crippen molar-refractivity contribution in [3.8, 4) is 0 Å². The fraction of sp³-hybridized carbons (Fsp3) is 0.400. The third-order valence-corrected chi connectivity index (χ3v) is 2.75. The van der Waals surface area contributed by atoms with Gasteiger partial charge in [-0.3, -0.25) is 4.79 Å². The summed E-state index contributed by atoms with van der Waals surface area (Å²) in [4.78, 5) is 11.6. The van der Waals surface area contributed by atoms with Crippen molar-refractivity contribution in [1.82, 2.24) is 10.6 Å². The number of benzene rings is 1. The van der Waals surface area contributed by atoms with Crippen molar-refractivity contribution in [1.29, 1.82) is 0 Å². The first kappa shape index (κ1) is 14.5. The molecule has 0 aliphatic rings. The lowest BCUT2D eigenvalue weighted by molar-refractivity contribution is -0.120. The predicted octanol–water partition coefficient (Wildman–Crippen LogP) is 2.25. The molecule has 98 valence electrons. The maximum absolute atomic E-state index is 11.6. The molecule has 0 heterocycles. The Morgan fingerprint density at radius 3 is 2.78 bits per heavy atom. The molecule has 1 aromatic rings. The first-order valence-corrected chi connectivity index (χ1v) is 6.37. The number of carbonyl (C=O) groups excluding carboxylic acids is 1. The Morgan fingerprint density at radius 2 is 2.11 bits per heavy atom. The molecule has 0 saturated heterocycles. The van der Waals surface area contributed by atoms with Gasteiger partial charge in [0.15, 0.2) is 0 Å².